The molecule has 0 aromatic rings. The Labute approximate surface area is 201 Å². The first kappa shape index (κ1) is 31.1. The van der Waals surface area contributed by atoms with Crippen molar-refractivity contribution in [3.8, 4) is 0 Å². The normalized spacial score (nSPS) is 15.7. The van der Waals surface area contributed by atoms with Crippen LogP contribution in [0.2, 0.25) is 0 Å². The van der Waals surface area contributed by atoms with Crippen molar-refractivity contribution < 1.29 is 42.9 Å². The zero-order valence-corrected chi connectivity index (χ0v) is 21.9. The van der Waals surface area contributed by atoms with Gasteiger partial charge in [0.15, 0.2) is 0 Å². The molecular formula is C23H40N2O9. The summed E-state index contributed by atoms with van der Waals surface area (Å²) in [6.45, 7) is 16.8. The first-order valence-corrected chi connectivity index (χ1v) is 11.2. The number of likely N-dealkylation sites (tertiary alicyclic amines) is 1. The lowest BCUT2D eigenvalue weighted by Gasteiger charge is -2.23. The van der Waals surface area contributed by atoms with Crippen molar-refractivity contribution in [2.45, 2.75) is 105 Å². The van der Waals surface area contributed by atoms with Crippen molar-refractivity contribution >= 4 is 30.2 Å². The zero-order chi connectivity index (χ0) is 26.7. The van der Waals surface area contributed by atoms with Crippen LogP contribution >= 0.6 is 0 Å². The van der Waals surface area contributed by atoms with E-state index in [9.17, 15) is 24.0 Å². The Morgan fingerprint density at radius 2 is 1.21 bits per heavy atom. The molecule has 0 saturated carbocycles. The number of ether oxygens (including phenoxy) is 4. The van der Waals surface area contributed by atoms with Crippen molar-refractivity contribution in [2.75, 3.05) is 13.1 Å². The van der Waals surface area contributed by atoms with E-state index in [0.717, 1.165) is 25.8 Å². The first-order valence-electron chi connectivity index (χ1n) is 11.2. The van der Waals surface area contributed by atoms with E-state index in [2.05, 4.69) is 10.1 Å². The highest BCUT2D eigenvalue weighted by atomic mass is 16.8. The van der Waals surface area contributed by atoms with Gasteiger partial charge in [0.1, 0.15) is 16.8 Å². The summed E-state index contributed by atoms with van der Waals surface area (Å²) >= 11 is 0. The number of carbonyl (C=O) groups excluding carboxylic acids is 5. The van der Waals surface area contributed by atoms with E-state index in [0.29, 0.717) is 13.0 Å². The summed E-state index contributed by atoms with van der Waals surface area (Å²) < 4.78 is 18.9. The highest BCUT2D eigenvalue weighted by Gasteiger charge is 2.30. The summed E-state index contributed by atoms with van der Waals surface area (Å²) in [5.74, 6) is 0.0734. The molecule has 3 amide bonds. The predicted molar refractivity (Wildman–Crippen MR) is 123 cm³/mol. The van der Waals surface area contributed by atoms with Crippen molar-refractivity contribution in [1.82, 2.24) is 10.2 Å². The highest BCUT2D eigenvalue weighted by molar-refractivity contribution is 5.93. The quantitative estimate of drug-likeness (QED) is 0.300. The molecule has 0 unspecified atom stereocenters. The smallest absolute Gasteiger partial charge is 0.443 e. The van der Waals surface area contributed by atoms with Crippen molar-refractivity contribution in [1.29, 1.82) is 0 Å². The zero-order valence-electron chi connectivity index (χ0n) is 21.9. The van der Waals surface area contributed by atoms with E-state index in [4.69, 9.17) is 14.2 Å². The second-order valence-corrected chi connectivity index (χ2v) is 10.6. The Hall–Kier alpha value is -2.85. The van der Waals surface area contributed by atoms with Gasteiger partial charge in [-0.05, 0) is 75.2 Å². The molecule has 0 radical (unpaired) electrons. The number of hydrogen-bond donors (Lipinski definition) is 1. The van der Waals surface area contributed by atoms with Crippen molar-refractivity contribution in [3.63, 3.8) is 0 Å². The van der Waals surface area contributed by atoms with E-state index in [1.54, 1.807) is 62.3 Å². The first-order chi connectivity index (χ1) is 15.3. The maximum atomic E-state index is 11.4. The van der Waals surface area contributed by atoms with Crippen molar-refractivity contribution in [2.24, 2.45) is 0 Å². The minimum absolute atomic E-state index is 0.130. The molecule has 0 aromatic carbocycles. The van der Waals surface area contributed by atoms with Gasteiger partial charge in [0.2, 0.25) is 11.8 Å². The molecule has 2 rings (SSSR count). The van der Waals surface area contributed by atoms with Gasteiger partial charge in [0, 0.05) is 25.9 Å². The molecule has 2 aliphatic heterocycles. The SMILES string of the molecule is CC(C)(C)OC(=O)N1CCCC1=O.CC(C)(C)OC(=O)OC(=O)OC(C)(C)C.O=C1CCCN1. The van der Waals surface area contributed by atoms with Crippen LogP contribution < -0.4 is 5.32 Å². The molecule has 0 atom stereocenters. The fourth-order valence-corrected chi connectivity index (χ4v) is 2.33. The Balaban J connectivity index is 0.000000518. The number of nitrogens with one attached hydrogen (secondary N) is 1. The second-order valence-electron chi connectivity index (χ2n) is 10.6. The predicted octanol–water partition coefficient (Wildman–Crippen LogP) is 4.31. The van der Waals surface area contributed by atoms with E-state index in [1.165, 1.54) is 4.90 Å². The number of amides is 3. The molecule has 11 nitrogen and oxygen atoms in total. The van der Waals surface area contributed by atoms with Gasteiger partial charge in [-0.25, -0.2) is 19.3 Å². The van der Waals surface area contributed by atoms with Crippen LogP contribution in [0.1, 0.15) is 88.0 Å². The number of rotatable bonds is 0. The van der Waals surface area contributed by atoms with Gasteiger partial charge in [-0.3, -0.25) is 9.59 Å². The lowest BCUT2D eigenvalue weighted by Crippen LogP contribution is -2.37. The minimum Gasteiger partial charge on any atom is -0.443 e. The third kappa shape index (κ3) is 16.7. The van der Waals surface area contributed by atoms with Gasteiger partial charge in [0.25, 0.3) is 0 Å². The van der Waals surface area contributed by atoms with E-state index in [-0.39, 0.29) is 11.8 Å². The number of nitrogens with zero attached hydrogens (tertiary/aromatic N) is 1. The van der Waals surface area contributed by atoms with Gasteiger partial charge in [-0.15, -0.1) is 0 Å². The molecule has 2 aliphatic rings. The number of hydrogen-bond acceptors (Lipinski definition) is 9. The molecule has 196 valence electrons. The summed E-state index contributed by atoms with van der Waals surface area (Å²) in [7, 11) is 0. The maximum absolute atomic E-state index is 11.4. The third-order valence-electron chi connectivity index (χ3n) is 3.54. The molecule has 11 heteroatoms. The fraction of sp³-hybridized carbons (Fsp3) is 0.783. The Kier molecular flexibility index (Phi) is 12.0. The number of carbonyl (C=O) groups is 5. The van der Waals surface area contributed by atoms with Gasteiger partial charge in [-0.1, -0.05) is 0 Å². The average Bonchev–Trinajstić information content (AvgIpc) is 3.21. The topological polar surface area (TPSA) is 138 Å². The summed E-state index contributed by atoms with van der Waals surface area (Å²) in [5, 5.41) is 2.68. The van der Waals surface area contributed by atoms with Crippen LogP contribution in [0.25, 0.3) is 0 Å². The summed E-state index contributed by atoms with van der Waals surface area (Å²) in [6, 6.07) is 0. The van der Waals surface area contributed by atoms with Crippen LogP contribution in [0, 0.1) is 0 Å². The lowest BCUT2D eigenvalue weighted by atomic mass is 10.2. The van der Waals surface area contributed by atoms with Gasteiger partial charge >= 0.3 is 18.4 Å². The molecule has 2 heterocycles. The molecule has 2 fully saturated rings. The summed E-state index contributed by atoms with van der Waals surface area (Å²) in [5.41, 5.74) is -1.92. The van der Waals surface area contributed by atoms with E-state index >= 15 is 0 Å². The molecule has 2 saturated heterocycles. The average molecular weight is 489 g/mol. The molecule has 0 aromatic heterocycles. The highest BCUT2D eigenvalue weighted by Crippen LogP contribution is 2.15. The Morgan fingerprint density at radius 1 is 0.735 bits per heavy atom. The van der Waals surface area contributed by atoms with Crippen LogP contribution in [0.3, 0.4) is 0 Å². The van der Waals surface area contributed by atoms with Gasteiger partial charge in [-0.2, -0.15) is 0 Å². The fourth-order valence-electron chi connectivity index (χ4n) is 2.33. The summed E-state index contributed by atoms with van der Waals surface area (Å²) in [6.07, 6.45) is 0.333. The van der Waals surface area contributed by atoms with E-state index < -0.39 is 35.2 Å². The van der Waals surface area contributed by atoms with Crippen LogP contribution in [0.5, 0.6) is 0 Å². The number of imide groups is 1. The van der Waals surface area contributed by atoms with Crippen LogP contribution in [0.4, 0.5) is 14.4 Å². The summed E-state index contributed by atoms with van der Waals surface area (Å²) in [4.78, 5) is 55.8. The largest absolute Gasteiger partial charge is 0.519 e. The molecule has 34 heavy (non-hydrogen) atoms. The maximum Gasteiger partial charge on any atom is 0.519 e. The van der Waals surface area contributed by atoms with Crippen LogP contribution in [-0.4, -0.2) is 65.0 Å². The molecule has 0 aliphatic carbocycles. The monoisotopic (exact) mass is 488 g/mol. The standard InChI is InChI=1S/C10H18O5.C9H15NO3.C4H7NO/c1-9(2,3)14-7(11)13-8(12)15-10(4,5)6;1-9(2,3)13-8(12)10-6-4-5-7(10)11;6-4-2-1-3-5-4/h1-6H3;4-6H2,1-3H3;1-3H2,(H,5,6). The van der Waals surface area contributed by atoms with Gasteiger partial charge < -0.3 is 24.3 Å². The van der Waals surface area contributed by atoms with Gasteiger partial charge in [0.05, 0.1) is 0 Å². The Bertz CT molecular complexity index is 694. The second kappa shape index (κ2) is 13.1. The van der Waals surface area contributed by atoms with Crippen LogP contribution in [-0.2, 0) is 28.5 Å². The molecule has 1 N–H and O–H groups in total. The van der Waals surface area contributed by atoms with Crippen LogP contribution in [0.15, 0.2) is 0 Å². The third-order valence-corrected chi connectivity index (χ3v) is 3.54. The minimum atomic E-state index is -1.06. The molecular weight excluding hydrogens is 448 g/mol. The lowest BCUT2D eigenvalue weighted by molar-refractivity contribution is -0.127. The Morgan fingerprint density at radius 3 is 1.47 bits per heavy atom. The van der Waals surface area contributed by atoms with Crippen molar-refractivity contribution in [3.05, 3.63) is 0 Å². The van der Waals surface area contributed by atoms with E-state index in [1.807, 2.05) is 0 Å². The molecule has 0 spiro atoms. The molecule has 0 bridgehead atoms.